The van der Waals surface area contributed by atoms with Crippen molar-refractivity contribution in [2.75, 3.05) is 25.5 Å². The third kappa shape index (κ3) is 3.01. The normalized spacial score (nSPS) is 16.3. The zero-order valence-corrected chi connectivity index (χ0v) is 11.0. The van der Waals surface area contributed by atoms with Crippen LogP contribution >= 0.6 is 0 Å². The lowest BCUT2D eigenvalue weighted by atomic mass is 9.90. The molecule has 0 atom stereocenters. The number of hydrogen-bond acceptors (Lipinski definition) is 3. The molecule has 1 heterocycles. The van der Waals surface area contributed by atoms with E-state index in [1.165, 1.54) is 12.5 Å². The molecule has 0 radical (unpaired) electrons. The summed E-state index contributed by atoms with van der Waals surface area (Å²) in [5.74, 6) is 1.21. The Morgan fingerprint density at radius 2 is 2.11 bits per heavy atom. The maximum Gasteiger partial charge on any atom is 0.221 e. The van der Waals surface area contributed by atoms with Crippen LogP contribution < -0.4 is 15.4 Å². The largest absolute Gasteiger partial charge is 0.495 e. The molecule has 1 aliphatic rings. The minimum atomic E-state index is -0.0734. The smallest absolute Gasteiger partial charge is 0.221 e. The zero-order valence-electron chi connectivity index (χ0n) is 11.0. The van der Waals surface area contributed by atoms with Crippen molar-refractivity contribution in [3.8, 4) is 5.75 Å². The summed E-state index contributed by atoms with van der Waals surface area (Å²) in [6.07, 6.45) is 2.29. The molecule has 98 valence electrons. The number of carbonyl (C=O) groups is 1. The minimum Gasteiger partial charge on any atom is -0.495 e. The van der Waals surface area contributed by atoms with Gasteiger partial charge >= 0.3 is 0 Å². The summed E-state index contributed by atoms with van der Waals surface area (Å²) in [6, 6.07) is 6.07. The van der Waals surface area contributed by atoms with Gasteiger partial charge in [-0.3, -0.25) is 4.79 Å². The van der Waals surface area contributed by atoms with Crippen LogP contribution in [0.2, 0.25) is 0 Å². The van der Waals surface area contributed by atoms with Crippen LogP contribution in [-0.2, 0) is 4.79 Å². The summed E-state index contributed by atoms with van der Waals surface area (Å²) in [5, 5.41) is 6.18. The predicted molar refractivity (Wildman–Crippen MR) is 72.1 cm³/mol. The molecule has 1 amide bonds. The van der Waals surface area contributed by atoms with Crippen LogP contribution in [0, 0.1) is 0 Å². The van der Waals surface area contributed by atoms with Crippen molar-refractivity contribution in [3.63, 3.8) is 0 Å². The molecule has 0 spiro atoms. The average molecular weight is 248 g/mol. The van der Waals surface area contributed by atoms with E-state index >= 15 is 0 Å². The highest BCUT2D eigenvalue weighted by Crippen LogP contribution is 2.32. The SMILES string of the molecule is COc1ccc(C2CCNCC2)cc1NC(C)=O. The number of amides is 1. The summed E-state index contributed by atoms with van der Waals surface area (Å²) >= 11 is 0. The van der Waals surface area contributed by atoms with Crippen molar-refractivity contribution in [1.82, 2.24) is 5.32 Å². The highest BCUT2D eigenvalue weighted by molar-refractivity contribution is 5.90. The van der Waals surface area contributed by atoms with Crippen LogP contribution in [0.5, 0.6) is 5.75 Å². The monoisotopic (exact) mass is 248 g/mol. The summed E-state index contributed by atoms with van der Waals surface area (Å²) in [6.45, 7) is 3.63. The third-order valence-corrected chi connectivity index (χ3v) is 3.34. The molecule has 2 N–H and O–H groups in total. The molecule has 0 aliphatic carbocycles. The molecule has 4 heteroatoms. The van der Waals surface area contributed by atoms with Gasteiger partial charge in [-0.15, -0.1) is 0 Å². The molecule has 0 saturated carbocycles. The van der Waals surface area contributed by atoms with Crippen molar-refractivity contribution in [2.24, 2.45) is 0 Å². The van der Waals surface area contributed by atoms with Crippen LogP contribution in [0.4, 0.5) is 5.69 Å². The highest BCUT2D eigenvalue weighted by atomic mass is 16.5. The molecular formula is C14H20N2O2. The Labute approximate surface area is 108 Å². The van der Waals surface area contributed by atoms with Crippen molar-refractivity contribution < 1.29 is 9.53 Å². The van der Waals surface area contributed by atoms with Gasteiger partial charge in [0, 0.05) is 6.92 Å². The lowest BCUT2D eigenvalue weighted by molar-refractivity contribution is -0.114. The van der Waals surface area contributed by atoms with E-state index in [4.69, 9.17) is 4.74 Å². The zero-order chi connectivity index (χ0) is 13.0. The third-order valence-electron chi connectivity index (χ3n) is 3.34. The fourth-order valence-corrected chi connectivity index (χ4v) is 2.42. The van der Waals surface area contributed by atoms with Gasteiger partial charge in [0.05, 0.1) is 12.8 Å². The molecule has 0 unspecified atom stereocenters. The molecule has 0 aromatic heterocycles. The fourth-order valence-electron chi connectivity index (χ4n) is 2.42. The minimum absolute atomic E-state index is 0.0734. The van der Waals surface area contributed by atoms with E-state index in [0.717, 1.165) is 31.6 Å². The maximum absolute atomic E-state index is 11.2. The average Bonchev–Trinajstić information content (AvgIpc) is 2.39. The molecule has 18 heavy (non-hydrogen) atoms. The molecule has 1 aromatic carbocycles. The second-order valence-electron chi connectivity index (χ2n) is 4.67. The number of anilines is 1. The van der Waals surface area contributed by atoms with Gasteiger partial charge in [-0.2, -0.15) is 0 Å². The predicted octanol–water partition coefficient (Wildman–Crippen LogP) is 2.12. The Bertz CT molecular complexity index is 426. The van der Waals surface area contributed by atoms with E-state index in [1.807, 2.05) is 12.1 Å². The van der Waals surface area contributed by atoms with Crippen molar-refractivity contribution in [1.29, 1.82) is 0 Å². The summed E-state index contributed by atoms with van der Waals surface area (Å²) in [5.41, 5.74) is 2.04. The molecule has 1 saturated heterocycles. The van der Waals surface area contributed by atoms with Gasteiger partial charge in [-0.25, -0.2) is 0 Å². The number of ether oxygens (including phenoxy) is 1. The van der Waals surface area contributed by atoms with E-state index in [-0.39, 0.29) is 5.91 Å². The number of hydrogen-bond donors (Lipinski definition) is 2. The lowest BCUT2D eigenvalue weighted by Gasteiger charge is -2.24. The molecule has 1 aliphatic heterocycles. The molecule has 2 rings (SSSR count). The van der Waals surface area contributed by atoms with Gasteiger partial charge in [0.1, 0.15) is 5.75 Å². The van der Waals surface area contributed by atoms with E-state index in [0.29, 0.717) is 11.7 Å². The van der Waals surface area contributed by atoms with Gasteiger partial charge < -0.3 is 15.4 Å². The lowest BCUT2D eigenvalue weighted by Crippen LogP contribution is -2.26. The van der Waals surface area contributed by atoms with Crippen molar-refractivity contribution in [2.45, 2.75) is 25.7 Å². The topological polar surface area (TPSA) is 50.4 Å². The van der Waals surface area contributed by atoms with Gasteiger partial charge in [0.25, 0.3) is 0 Å². The first-order chi connectivity index (χ1) is 8.70. The summed E-state index contributed by atoms with van der Waals surface area (Å²) in [7, 11) is 1.62. The van der Waals surface area contributed by atoms with Gasteiger partial charge in [-0.1, -0.05) is 6.07 Å². The Kier molecular flexibility index (Phi) is 4.20. The van der Waals surface area contributed by atoms with Crippen molar-refractivity contribution >= 4 is 11.6 Å². The van der Waals surface area contributed by atoms with Crippen LogP contribution in [0.1, 0.15) is 31.2 Å². The molecular weight excluding hydrogens is 228 g/mol. The Morgan fingerprint density at radius 3 is 2.72 bits per heavy atom. The van der Waals surface area contributed by atoms with E-state index in [2.05, 4.69) is 16.7 Å². The number of piperidine rings is 1. The Morgan fingerprint density at radius 1 is 1.39 bits per heavy atom. The first-order valence-electron chi connectivity index (χ1n) is 6.37. The van der Waals surface area contributed by atoms with E-state index < -0.39 is 0 Å². The summed E-state index contributed by atoms with van der Waals surface area (Å²) < 4.78 is 5.26. The van der Waals surface area contributed by atoms with Gasteiger partial charge in [0.2, 0.25) is 5.91 Å². The van der Waals surface area contributed by atoms with E-state index in [1.54, 1.807) is 7.11 Å². The van der Waals surface area contributed by atoms with Crippen LogP contribution in [-0.4, -0.2) is 26.1 Å². The van der Waals surface area contributed by atoms with Crippen LogP contribution in [0.25, 0.3) is 0 Å². The van der Waals surface area contributed by atoms with Crippen LogP contribution in [0.3, 0.4) is 0 Å². The maximum atomic E-state index is 11.2. The van der Waals surface area contributed by atoms with Gasteiger partial charge in [-0.05, 0) is 49.5 Å². The highest BCUT2D eigenvalue weighted by Gasteiger charge is 2.16. The van der Waals surface area contributed by atoms with Crippen LogP contribution in [0.15, 0.2) is 18.2 Å². The second-order valence-corrected chi connectivity index (χ2v) is 4.67. The number of benzene rings is 1. The molecule has 1 fully saturated rings. The molecule has 1 aromatic rings. The first kappa shape index (κ1) is 12.9. The Balaban J connectivity index is 2.23. The second kappa shape index (κ2) is 5.87. The quantitative estimate of drug-likeness (QED) is 0.861. The Hall–Kier alpha value is -1.55. The van der Waals surface area contributed by atoms with E-state index in [9.17, 15) is 4.79 Å². The summed E-state index contributed by atoms with van der Waals surface area (Å²) in [4.78, 5) is 11.2. The fraction of sp³-hybridized carbons (Fsp3) is 0.500. The number of methoxy groups -OCH3 is 1. The first-order valence-corrected chi connectivity index (χ1v) is 6.37. The molecule has 4 nitrogen and oxygen atoms in total. The number of carbonyl (C=O) groups excluding carboxylic acids is 1. The number of rotatable bonds is 3. The molecule has 0 bridgehead atoms. The van der Waals surface area contributed by atoms with Gasteiger partial charge in [0.15, 0.2) is 0 Å². The number of nitrogens with one attached hydrogen (secondary N) is 2. The van der Waals surface area contributed by atoms with Crippen molar-refractivity contribution in [3.05, 3.63) is 23.8 Å². The standard InChI is InChI=1S/C14H20N2O2/c1-10(17)16-13-9-12(3-4-14(13)18-2)11-5-7-15-8-6-11/h3-4,9,11,15H,5-8H2,1-2H3,(H,16,17).